The molecule has 1 fully saturated rings. The molecule has 0 spiro atoms. The van der Waals surface area contributed by atoms with E-state index in [9.17, 15) is 0 Å². The zero-order chi connectivity index (χ0) is 17.9. The Hall–Kier alpha value is -2.52. The van der Waals surface area contributed by atoms with E-state index in [1.165, 1.54) is 5.56 Å². The summed E-state index contributed by atoms with van der Waals surface area (Å²) in [4.78, 5) is 16.7. The summed E-state index contributed by atoms with van der Waals surface area (Å²) >= 11 is 0. The molecule has 0 atom stereocenters. The Morgan fingerprint density at radius 3 is 2.81 bits per heavy atom. The van der Waals surface area contributed by atoms with Gasteiger partial charge >= 0.3 is 0 Å². The fraction of sp³-hybridized carbons (Fsp3) is 0.333. The van der Waals surface area contributed by atoms with Gasteiger partial charge in [0.1, 0.15) is 6.10 Å². The van der Waals surface area contributed by atoms with Gasteiger partial charge in [-0.05, 0) is 23.3 Å². The number of nitrogen functional groups attached to an aromatic ring is 1. The Morgan fingerprint density at radius 1 is 1.23 bits per heavy atom. The fourth-order valence-electron chi connectivity index (χ4n) is 3.07. The molecule has 0 saturated carbocycles. The first kappa shape index (κ1) is 16.9. The smallest absolute Gasteiger partial charge is 0.240 e. The van der Waals surface area contributed by atoms with Gasteiger partial charge in [0.25, 0.3) is 0 Å². The Labute approximate surface area is 151 Å². The molecule has 0 amide bonds. The summed E-state index contributed by atoms with van der Waals surface area (Å²) < 4.78 is 1.70. The molecule has 0 aliphatic carbocycles. The molecule has 26 heavy (non-hydrogen) atoms. The van der Waals surface area contributed by atoms with E-state index in [1.54, 1.807) is 4.52 Å². The number of nitrogens with one attached hydrogen (secondary N) is 1. The topological polar surface area (TPSA) is 89.9 Å². The van der Waals surface area contributed by atoms with Gasteiger partial charge in [0.05, 0.1) is 0 Å². The first-order chi connectivity index (χ1) is 12.7. The number of fused-ring (bicyclic) bond motifs is 1. The Balaban J connectivity index is 1.38. The van der Waals surface area contributed by atoms with Crippen LogP contribution in [0.3, 0.4) is 0 Å². The second kappa shape index (κ2) is 7.38. The minimum absolute atomic E-state index is 0.129. The van der Waals surface area contributed by atoms with Crippen molar-refractivity contribution in [2.45, 2.75) is 19.6 Å². The monoisotopic (exact) mass is 354 g/mol. The predicted molar refractivity (Wildman–Crippen MR) is 97.7 cm³/mol. The molecular formula is C18H22N6O2. The Morgan fingerprint density at radius 2 is 2.04 bits per heavy atom. The maximum Gasteiger partial charge on any atom is 0.240 e. The number of nitrogens with two attached hydrogens (primary N) is 1. The van der Waals surface area contributed by atoms with Crippen LogP contribution in [0.15, 0.2) is 42.6 Å². The van der Waals surface area contributed by atoms with E-state index >= 15 is 0 Å². The highest BCUT2D eigenvalue weighted by Gasteiger charge is 2.28. The van der Waals surface area contributed by atoms with Gasteiger partial charge in [-0.2, -0.15) is 10.5 Å². The minimum atomic E-state index is 0.129. The van der Waals surface area contributed by atoms with E-state index < -0.39 is 0 Å². The maximum atomic E-state index is 5.72. The Bertz CT molecular complexity index is 873. The molecule has 3 heterocycles. The fourth-order valence-corrected chi connectivity index (χ4v) is 3.07. The molecule has 3 N–H and O–H groups in total. The molecule has 136 valence electrons. The summed E-state index contributed by atoms with van der Waals surface area (Å²) in [5.74, 6) is 0.279. The number of hydrogen-bond donors (Lipinski definition) is 2. The van der Waals surface area contributed by atoms with Crippen LogP contribution in [-0.4, -0.2) is 45.2 Å². The lowest BCUT2D eigenvalue weighted by Gasteiger charge is -2.37. The third-order valence-corrected chi connectivity index (χ3v) is 4.36. The van der Waals surface area contributed by atoms with Crippen molar-refractivity contribution < 1.29 is 9.88 Å². The minimum Gasteiger partial charge on any atom is -0.366 e. The maximum absolute atomic E-state index is 5.72. The summed E-state index contributed by atoms with van der Waals surface area (Å²) in [6.45, 7) is 5.30. The Kier molecular flexibility index (Phi) is 4.81. The average Bonchev–Trinajstić information content (AvgIpc) is 3.00. The summed E-state index contributed by atoms with van der Waals surface area (Å²) in [6.07, 6.45) is 1.97. The molecule has 3 aromatic rings. The van der Waals surface area contributed by atoms with Crippen molar-refractivity contribution >= 4 is 11.6 Å². The molecule has 1 aliphatic heterocycles. The van der Waals surface area contributed by atoms with Crippen LogP contribution in [-0.2, 0) is 16.4 Å². The van der Waals surface area contributed by atoms with Gasteiger partial charge in [-0.25, -0.2) is 9.40 Å². The number of hydroxylamine groups is 1. The van der Waals surface area contributed by atoms with E-state index in [0.29, 0.717) is 0 Å². The molecule has 1 saturated heterocycles. The van der Waals surface area contributed by atoms with Crippen molar-refractivity contribution in [2.24, 2.45) is 0 Å². The molecule has 8 nitrogen and oxygen atoms in total. The van der Waals surface area contributed by atoms with Gasteiger partial charge < -0.3 is 5.73 Å². The van der Waals surface area contributed by atoms with Gasteiger partial charge in [0, 0.05) is 37.9 Å². The largest absolute Gasteiger partial charge is 0.366 e. The zero-order valence-corrected chi connectivity index (χ0v) is 14.6. The van der Waals surface area contributed by atoms with Crippen molar-refractivity contribution in [3.8, 4) is 11.1 Å². The van der Waals surface area contributed by atoms with E-state index in [1.807, 2.05) is 25.3 Å². The number of anilines is 1. The molecule has 8 heteroatoms. The predicted octanol–water partition coefficient (Wildman–Crippen LogP) is 1.64. The zero-order valence-electron chi connectivity index (χ0n) is 14.6. The molecule has 2 aromatic heterocycles. The SMILES string of the molecule is CCNOOC1CN(Cc2ccc(-c3cccn4nc(N)nc34)cc2)C1. The highest BCUT2D eigenvalue weighted by molar-refractivity contribution is 5.77. The van der Waals surface area contributed by atoms with Crippen LogP contribution in [0.2, 0.25) is 0 Å². The van der Waals surface area contributed by atoms with Crippen molar-refractivity contribution in [1.82, 2.24) is 25.0 Å². The van der Waals surface area contributed by atoms with E-state index in [2.05, 4.69) is 44.7 Å². The third-order valence-electron chi connectivity index (χ3n) is 4.36. The number of pyridine rings is 1. The van der Waals surface area contributed by atoms with Crippen LogP contribution in [0.1, 0.15) is 12.5 Å². The molecule has 0 radical (unpaired) electrons. The number of benzene rings is 1. The highest BCUT2D eigenvalue weighted by Crippen LogP contribution is 2.25. The average molecular weight is 354 g/mol. The van der Waals surface area contributed by atoms with Crippen molar-refractivity contribution in [1.29, 1.82) is 0 Å². The van der Waals surface area contributed by atoms with Crippen molar-refractivity contribution in [2.75, 3.05) is 25.4 Å². The second-order valence-corrected chi connectivity index (χ2v) is 6.35. The van der Waals surface area contributed by atoms with Crippen LogP contribution < -0.4 is 11.2 Å². The van der Waals surface area contributed by atoms with Crippen LogP contribution in [0.5, 0.6) is 0 Å². The summed E-state index contributed by atoms with van der Waals surface area (Å²) in [7, 11) is 0. The number of aromatic nitrogens is 3. The molecule has 0 unspecified atom stereocenters. The lowest BCUT2D eigenvalue weighted by Crippen LogP contribution is -2.51. The van der Waals surface area contributed by atoms with E-state index in [4.69, 9.17) is 15.6 Å². The molecule has 4 rings (SSSR count). The first-order valence-electron chi connectivity index (χ1n) is 8.70. The quantitative estimate of drug-likeness (QED) is 0.379. The number of likely N-dealkylation sites (tertiary alicyclic amines) is 1. The number of rotatable bonds is 7. The normalized spacial score (nSPS) is 15.4. The standard InChI is InChI=1S/C18H22N6O2/c1-2-20-26-25-15-11-23(12-15)10-13-5-7-14(8-6-13)16-4-3-9-24-17(16)21-18(19)22-24/h3-9,15,20H,2,10-12H2,1H3,(H2,19,22). The molecule has 1 aromatic carbocycles. The van der Waals surface area contributed by atoms with Gasteiger partial charge in [0.15, 0.2) is 5.65 Å². The van der Waals surface area contributed by atoms with Crippen LogP contribution in [0.4, 0.5) is 5.95 Å². The van der Waals surface area contributed by atoms with Crippen LogP contribution >= 0.6 is 0 Å². The van der Waals surface area contributed by atoms with E-state index in [-0.39, 0.29) is 12.1 Å². The first-order valence-corrected chi connectivity index (χ1v) is 8.70. The summed E-state index contributed by atoms with van der Waals surface area (Å²) in [5.41, 5.74) is 12.5. The van der Waals surface area contributed by atoms with Gasteiger partial charge in [-0.1, -0.05) is 31.2 Å². The van der Waals surface area contributed by atoms with E-state index in [0.717, 1.165) is 43.0 Å². The number of nitrogens with zero attached hydrogens (tertiary/aromatic N) is 4. The van der Waals surface area contributed by atoms with Crippen molar-refractivity contribution in [3.05, 3.63) is 48.2 Å². The summed E-state index contributed by atoms with van der Waals surface area (Å²) in [5, 5.41) is 4.16. The summed E-state index contributed by atoms with van der Waals surface area (Å²) in [6, 6.07) is 12.5. The third kappa shape index (κ3) is 3.54. The van der Waals surface area contributed by atoms with Gasteiger partial charge in [-0.3, -0.25) is 4.90 Å². The van der Waals surface area contributed by atoms with Gasteiger partial charge in [0.2, 0.25) is 5.95 Å². The number of hydrogen-bond acceptors (Lipinski definition) is 7. The lowest BCUT2D eigenvalue weighted by molar-refractivity contribution is -0.377. The second-order valence-electron chi connectivity index (χ2n) is 6.35. The molecular weight excluding hydrogens is 332 g/mol. The van der Waals surface area contributed by atoms with Gasteiger partial charge in [-0.15, -0.1) is 10.1 Å². The van der Waals surface area contributed by atoms with Crippen molar-refractivity contribution in [3.63, 3.8) is 0 Å². The highest BCUT2D eigenvalue weighted by atomic mass is 17.3. The molecule has 1 aliphatic rings. The lowest BCUT2D eigenvalue weighted by atomic mass is 10.0. The van der Waals surface area contributed by atoms with Crippen LogP contribution in [0, 0.1) is 0 Å². The van der Waals surface area contributed by atoms with Crippen LogP contribution in [0.25, 0.3) is 16.8 Å². The molecule has 0 bridgehead atoms.